The van der Waals surface area contributed by atoms with E-state index in [0.717, 1.165) is 15.5 Å². The van der Waals surface area contributed by atoms with Gasteiger partial charge in [0, 0.05) is 21.2 Å². The van der Waals surface area contributed by atoms with Gasteiger partial charge in [-0.1, -0.05) is 15.9 Å². The predicted molar refractivity (Wildman–Crippen MR) is 80.6 cm³/mol. The number of hydrogen-bond donors (Lipinski definition) is 1. The third-order valence-corrected chi connectivity index (χ3v) is 4.28. The van der Waals surface area contributed by atoms with E-state index in [9.17, 15) is 0 Å². The van der Waals surface area contributed by atoms with Gasteiger partial charge >= 0.3 is 0 Å². The zero-order chi connectivity index (χ0) is 12.1. The fourth-order valence-corrected chi connectivity index (χ4v) is 2.91. The Morgan fingerprint density at radius 1 is 1.18 bits per heavy atom. The van der Waals surface area contributed by atoms with Crippen LogP contribution in [0.3, 0.4) is 0 Å². The van der Waals surface area contributed by atoms with Crippen molar-refractivity contribution < 1.29 is 0 Å². The van der Waals surface area contributed by atoms with E-state index in [1.165, 1.54) is 44.6 Å². The van der Waals surface area contributed by atoms with Gasteiger partial charge in [-0.2, -0.15) is 0 Å². The highest BCUT2D eigenvalue weighted by atomic mass is 79.9. The van der Waals surface area contributed by atoms with Crippen LogP contribution in [0.2, 0.25) is 0 Å². The second kappa shape index (κ2) is 6.76. The van der Waals surface area contributed by atoms with Crippen molar-refractivity contribution in [2.24, 2.45) is 0 Å². The molecule has 2 nitrogen and oxygen atoms in total. The van der Waals surface area contributed by atoms with Crippen LogP contribution in [0.4, 0.5) is 5.69 Å². The third kappa shape index (κ3) is 4.27. The van der Waals surface area contributed by atoms with Gasteiger partial charge < -0.3 is 10.2 Å². The lowest BCUT2D eigenvalue weighted by molar-refractivity contribution is 0.337. The summed E-state index contributed by atoms with van der Waals surface area (Å²) in [5.41, 5.74) is 1.17. The minimum atomic E-state index is 1.03. The van der Waals surface area contributed by atoms with Crippen LogP contribution in [0.5, 0.6) is 0 Å². The summed E-state index contributed by atoms with van der Waals surface area (Å²) in [6.45, 7) is 4.84. The van der Waals surface area contributed by atoms with E-state index >= 15 is 0 Å². The molecule has 0 aromatic heterocycles. The molecule has 1 N–H and O–H groups in total. The zero-order valence-electron chi connectivity index (χ0n) is 9.88. The highest BCUT2D eigenvalue weighted by molar-refractivity contribution is 9.11. The maximum atomic E-state index is 3.56. The summed E-state index contributed by atoms with van der Waals surface area (Å²) in [6, 6.07) is 6.21. The summed E-state index contributed by atoms with van der Waals surface area (Å²) in [7, 11) is 0. The van der Waals surface area contributed by atoms with Crippen molar-refractivity contribution in [3.05, 3.63) is 27.1 Å². The Bertz CT molecular complexity index is 362. The van der Waals surface area contributed by atoms with Crippen LogP contribution in [0.1, 0.15) is 19.3 Å². The largest absolute Gasteiger partial charge is 0.384 e. The topological polar surface area (TPSA) is 15.3 Å². The molecule has 1 saturated heterocycles. The first-order valence-electron chi connectivity index (χ1n) is 6.17. The number of halogens is 2. The molecule has 0 saturated carbocycles. The van der Waals surface area contributed by atoms with Gasteiger partial charge in [-0.05, 0) is 73.0 Å². The molecule has 0 atom stereocenters. The summed E-state index contributed by atoms with van der Waals surface area (Å²) in [6.07, 6.45) is 3.97. The average molecular weight is 362 g/mol. The summed E-state index contributed by atoms with van der Waals surface area (Å²) in [4.78, 5) is 2.55. The van der Waals surface area contributed by atoms with Crippen molar-refractivity contribution >= 4 is 37.5 Å². The van der Waals surface area contributed by atoms with Crippen molar-refractivity contribution in [3.8, 4) is 0 Å². The van der Waals surface area contributed by atoms with Crippen LogP contribution in [-0.4, -0.2) is 31.1 Å². The van der Waals surface area contributed by atoms with Crippen molar-refractivity contribution in [1.29, 1.82) is 0 Å². The van der Waals surface area contributed by atoms with Gasteiger partial charge in [-0.15, -0.1) is 0 Å². The molecule has 0 aliphatic carbocycles. The molecule has 0 radical (unpaired) electrons. The Labute approximate surface area is 120 Å². The van der Waals surface area contributed by atoms with Crippen LogP contribution >= 0.6 is 31.9 Å². The number of nitrogens with one attached hydrogen (secondary N) is 1. The van der Waals surface area contributed by atoms with Gasteiger partial charge in [0.2, 0.25) is 0 Å². The van der Waals surface area contributed by atoms with Crippen LogP contribution < -0.4 is 5.32 Å². The van der Waals surface area contributed by atoms with Crippen LogP contribution in [0, 0.1) is 0 Å². The molecule has 17 heavy (non-hydrogen) atoms. The quantitative estimate of drug-likeness (QED) is 0.794. The van der Waals surface area contributed by atoms with Crippen molar-refractivity contribution in [1.82, 2.24) is 4.90 Å². The molecule has 0 unspecified atom stereocenters. The first kappa shape index (κ1) is 13.4. The first-order chi connectivity index (χ1) is 8.25. The van der Waals surface area contributed by atoms with E-state index in [1.54, 1.807) is 0 Å². The monoisotopic (exact) mass is 360 g/mol. The van der Waals surface area contributed by atoms with Gasteiger partial charge in [0.15, 0.2) is 0 Å². The Morgan fingerprint density at radius 2 is 1.94 bits per heavy atom. The molecule has 1 aromatic carbocycles. The van der Waals surface area contributed by atoms with Gasteiger partial charge in [-0.3, -0.25) is 0 Å². The average Bonchev–Trinajstić information content (AvgIpc) is 2.82. The van der Waals surface area contributed by atoms with Gasteiger partial charge in [-0.25, -0.2) is 0 Å². The Morgan fingerprint density at radius 3 is 2.71 bits per heavy atom. The second-order valence-electron chi connectivity index (χ2n) is 4.45. The number of benzene rings is 1. The second-order valence-corrected chi connectivity index (χ2v) is 6.22. The lowest BCUT2D eigenvalue weighted by Crippen LogP contribution is -2.22. The summed E-state index contributed by atoms with van der Waals surface area (Å²) >= 11 is 7.05. The zero-order valence-corrected chi connectivity index (χ0v) is 13.1. The molecular weight excluding hydrogens is 344 g/mol. The van der Waals surface area contributed by atoms with Gasteiger partial charge in [0.25, 0.3) is 0 Å². The van der Waals surface area contributed by atoms with E-state index in [4.69, 9.17) is 0 Å². The summed E-state index contributed by atoms with van der Waals surface area (Å²) in [5, 5.41) is 3.47. The number of likely N-dealkylation sites (tertiary alicyclic amines) is 1. The molecule has 4 heteroatoms. The third-order valence-electron chi connectivity index (χ3n) is 3.09. The molecule has 1 heterocycles. The van der Waals surface area contributed by atoms with E-state index in [2.05, 4.69) is 54.2 Å². The maximum absolute atomic E-state index is 3.56. The van der Waals surface area contributed by atoms with E-state index in [1.807, 2.05) is 6.07 Å². The van der Waals surface area contributed by atoms with Crippen LogP contribution in [0.15, 0.2) is 27.1 Å². The lowest BCUT2D eigenvalue weighted by Gasteiger charge is -2.15. The normalized spacial score (nSPS) is 16.4. The molecule has 0 spiro atoms. The molecule has 0 amide bonds. The Hall–Kier alpha value is -0.0600. The highest BCUT2D eigenvalue weighted by Gasteiger charge is 2.10. The number of nitrogens with zero attached hydrogens (tertiary/aromatic N) is 1. The van der Waals surface area contributed by atoms with Crippen LogP contribution in [-0.2, 0) is 0 Å². The number of hydrogen-bond acceptors (Lipinski definition) is 2. The highest BCUT2D eigenvalue weighted by Crippen LogP contribution is 2.26. The van der Waals surface area contributed by atoms with Gasteiger partial charge in [0.1, 0.15) is 0 Å². The lowest BCUT2D eigenvalue weighted by atomic mass is 10.3. The Balaban J connectivity index is 1.72. The summed E-state index contributed by atoms with van der Waals surface area (Å²) < 4.78 is 2.24. The predicted octanol–water partition coefficient (Wildman–Crippen LogP) is 4.11. The fourth-order valence-electron chi connectivity index (χ4n) is 2.16. The molecule has 1 aliphatic rings. The summed E-state index contributed by atoms with van der Waals surface area (Å²) in [5.74, 6) is 0. The molecule has 2 rings (SSSR count). The molecule has 1 aliphatic heterocycles. The minimum Gasteiger partial charge on any atom is -0.384 e. The van der Waals surface area contributed by atoms with Crippen molar-refractivity contribution in [2.45, 2.75) is 19.3 Å². The number of anilines is 1. The van der Waals surface area contributed by atoms with E-state index in [0.29, 0.717) is 0 Å². The maximum Gasteiger partial charge on any atom is 0.0495 e. The number of rotatable bonds is 5. The Kier molecular flexibility index (Phi) is 5.32. The SMILES string of the molecule is Brc1ccc(Br)c(NCCCN2CCCC2)c1. The van der Waals surface area contributed by atoms with E-state index < -0.39 is 0 Å². The van der Waals surface area contributed by atoms with Crippen molar-refractivity contribution in [3.63, 3.8) is 0 Å². The molecule has 0 bridgehead atoms. The fraction of sp³-hybridized carbons (Fsp3) is 0.538. The smallest absolute Gasteiger partial charge is 0.0495 e. The van der Waals surface area contributed by atoms with Crippen molar-refractivity contribution in [2.75, 3.05) is 31.5 Å². The minimum absolute atomic E-state index is 1.03. The molecule has 94 valence electrons. The van der Waals surface area contributed by atoms with E-state index in [-0.39, 0.29) is 0 Å². The molecule has 1 aromatic rings. The molecule has 1 fully saturated rings. The van der Waals surface area contributed by atoms with Crippen LogP contribution in [0.25, 0.3) is 0 Å². The first-order valence-corrected chi connectivity index (χ1v) is 7.75. The molecular formula is C13H18Br2N2. The van der Waals surface area contributed by atoms with Gasteiger partial charge in [0.05, 0.1) is 0 Å². The standard InChI is InChI=1S/C13H18Br2N2/c14-11-4-5-12(15)13(10-11)16-6-3-9-17-7-1-2-8-17/h4-5,10,16H,1-3,6-9H2.